The number of hydrogen-bond donors (Lipinski definition) is 0. The number of halogens is 1. The van der Waals surface area contributed by atoms with Crippen LogP contribution in [-0.2, 0) is 14.8 Å². The van der Waals surface area contributed by atoms with Crippen molar-refractivity contribution in [2.24, 2.45) is 0 Å². The van der Waals surface area contributed by atoms with Crippen LogP contribution in [0, 0.1) is 13.8 Å². The number of sulfonamides is 1. The molecule has 2 aromatic rings. The summed E-state index contributed by atoms with van der Waals surface area (Å²) in [4.78, 5) is 14.3. The molecule has 0 unspecified atom stereocenters. The highest BCUT2D eigenvalue weighted by Crippen LogP contribution is 2.24. The Kier molecular flexibility index (Phi) is 6.22. The second-order valence-electron chi connectivity index (χ2n) is 6.62. The van der Waals surface area contributed by atoms with Crippen LogP contribution in [0.1, 0.15) is 23.4 Å². The summed E-state index contributed by atoms with van der Waals surface area (Å²) in [6.45, 7) is 4.57. The molecule has 0 N–H and O–H groups in total. The van der Waals surface area contributed by atoms with E-state index in [9.17, 15) is 13.2 Å². The number of nitrogens with zero attached hydrogens (tertiary/aromatic N) is 3. The minimum Gasteiger partial charge on any atom is -0.360 e. The van der Waals surface area contributed by atoms with Gasteiger partial charge >= 0.3 is 0 Å². The van der Waals surface area contributed by atoms with Crippen molar-refractivity contribution in [3.63, 3.8) is 0 Å². The van der Waals surface area contributed by atoms with E-state index in [-0.39, 0.29) is 23.1 Å². The molecule has 1 fully saturated rings. The van der Waals surface area contributed by atoms with Crippen molar-refractivity contribution in [2.75, 3.05) is 26.2 Å². The third-order valence-electron chi connectivity index (χ3n) is 4.60. The quantitative estimate of drug-likeness (QED) is 0.706. The average Bonchev–Trinajstić information content (AvgIpc) is 2.85. The van der Waals surface area contributed by atoms with Gasteiger partial charge in [0.05, 0.1) is 0 Å². The molecule has 1 aromatic carbocycles. The zero-order valence-corrected chi connectivity index (χ0v) is 17.3. The molecule has 1 amide bonds. The Balaban J connectivity index is 1.68. The fourth-order valence-electron chi connectivity index (χ4n) is 3.21. The minimum atomic E-state index is -3.71. The van der Waals surface area contributed by atoms with Crippen molar-refractivity contribution < 1.29 is 17.7 Å². The standard InChI is InChI=1S/C19H22ClN3O4S/c1-14-19(15(2)27-21-14)28(25,26)23-10-4-9-22(11-12-23)18(24)8-7-16-5-3-6-17(20)13-16/h3,5-8,13H,4,9-12H2,1-2H3/b8-7+. The van der Waals surface area contributed by atoms with Crippen LogP contribution in [0.5, 0.6) is 0 Å². The van der Waals surface area contributed by atoms with Crippen LogP contribution in [0.3, 0.4) is 0 Å². The molecule has 9 heteroatoms. The maximum atomic E-state index is 13.0. The third kappa shape index (κ3) is 4.45. The smallest absolute Gasteiger partial charge is 0.248 e. The molecular formula is C19H22ClN3O4S. The average molecular weight is 424 g/mol. The number of aryl methyl sites for hydroxylation is 2. The molecule has 0 saturated carbocycles. The van der Waals surface area contributed by atoms with E-state index < -0.39 is 10.0 Å². The van der Waals surface area contributed by atoms with E-state index in [4.69, 9.17) is 16.1 Å². The van der Waals surface area contributed by atoms with Crippen LogP contribution < -0.4 is 0 Å². The van der Waals surface area contributed by atoms with Crippen LogP contribution in [0.4, 0.5) is 0 Å². The fraction of sp³-hybridized carbons (Fsp3) is 0.368. The summed E-state index contributed by atoms with van der Waals surface area (Å²) in [5, 5.41) is 4.34. The highest BCUT2D eigenvalue weighted by Gasteiger charge is 2.32. The van der Waals surface area contributed by atoms with Crippen molar-refractivity contribution in [1.82, 2.24) is 14.4 Å². The van der Waals surface area contributed by atoms with Gasteiger partial charge in [0, 0.05) is 37.3 Å². The molecule has 28 heavy (non-hydrogen) atoms. The number of carbonyl (C=O) groups is 1. The number of aromatic nitrogens is 1. The third-order valence-corrected chi connectivity index (χ3v) is 6.98. The molecule has 0 bridgehead atoms. The fourth-order valence-corrected chi connectivity index (χ4v) is 5.17. The van der Waals surface area contributed by atoms with Crippen molar-refractivity contribution in [1.29, 1.82) is 0 Å². The Morgan fingerprint density at radius 1 is 1.21 bits per heavy atom. The first-order valence-corrected chi connectivity index (χ1v) is 10.8. The Morgan fingerprint density at radius 2 is 2.00 bits per heavy atom. The maximum absolute atomic E-state index is 13.0. The largest absolute Gasteiger partial charge is 0.360 e. The molecule has 0 radical (unpaired) electrons. The molecule has 1 aliphatic heterocycles. The molecule has 0 atom stereocenters. The van der Waals surface area contributed by atoms with Gasteiger partial charge in [0.25, 0.3) is 0 Å². The normalized spacial score (nSPS) is 16.5. The SMILES string of the molecule is Cc1noc(C)c1S(=O)(=O)N1CCCN(C(=O)/C=C/c2cccc(Cl)c2)CC1. The lowest BCUT2D eigenvalue weighted by atomic mass is 10.2. The Hall–Kier alpha value is -2.16. The molecule has 3 rings (SSSR count). The lowest BCUT2D eigenvalue weighted by Crippen LogP contribution is -2.37. The molecule has 1 saturated heterocycles. The topological polar surface area (TPSA) is 83.7 Å². The molecule has 150 valence electrons. The lowest BCUT2D eigenvalue weighted by Gasteiger charge is -2.21. The summed E-state index contributed by atoms with van der Waals surface area (Å²) in [7, 11) is -3.71. The zero-order chi connectivity index (χ0) is 20.3. The lowest BCUT2D eigenvalue weighted by molar-refractivity contribution is -0.125. The predicted octanol–water partition coefficient (Wildman–Crippen LogP) is 2.88. The maximum Gasteiger partial charge on any atom is 0.248 e. The molecule has 7 nitrogen and oxygen atoms in total. The summed E-state index contributed by atoms with van der Waals surface area (Å²) in [6, 6.07) is 7.21. The van der Waals surface area contributed by atoms with Gasteiger partial charge in [-0.2, -0.15) is 4.31 Å². The summed E-state index contributed by atoms with van der Waals surface area (Å²) < 4.78 is 32.3. The number of amides is 1. The molecule has 0 spiro atoms. The van der Waals surface area contributed by atoms with E-state index in [1.165, 1.54) is 10.4 Å². The first-order chi connectivity index (χ1) is 13.3. The summed E-state index contributed by atoms with van der Waals surface area (Å²) >= 11 is 5.95. The molecule has 2 heterocycles. The summed E-state index contributed by atoms with van der Waals surface area (Å²) in [5.41, 5.74) is 1.18. The van der Waals surface area contributed by atoms with Gasteiger partial charge in [0.15, 0.2) is 5.76 Å². The van der Waals surface area contributed by atoms with Crippen LogP contribution in [0.15, 0.2) is 39.8 Å². The Morgan fingerprint density at radius 3 is 2.68 bits per heavy atom. The van der Waals surface area contributed by atoms with E-state index in [2.05, 4.69) is 5.16 Å². The number of rotatable bonds is 4. The predicted molar refractivity (Wildman–Crippen MR) is 106 cm³/mol. The highest BCUT2D eigenvalue weighted by atomic mass is 35.5. The Labute approximate surface area is 169 Å². The van der Waals surface area contributed by atoms with Gasteiger partial charge < -0.3 is 9.42 Å². The van der Waals surface area contributed by atoms with Gasteiger partial charge in [-0.05, 0) is 44.0 Å². The second-order valence-corrected chi connectivity index (χ2v) is 8.94. The van der Waals surface area contributed by atoms with Crippen molar-refractivity contribution in [2.45, 2.75) is 25.2 Å². The van der Waals surface area contributed by atoms with Gasteiger partial charge in [0.1, 0.15) is 10.6 Å². The van der Waals surface area contributed by atoms with Gasteiger partial charge in [0.2, 0.25) is 15.9 Å². The van der Waals surface area contributed by atoms with Crippen LogP contribution in [0.2, 0.25) is 5.02 Å². The minimum absolute atomic E-state index is 0.119. The first kappa shape index (κ1) is 20.6. The molecule has 0 aliphatic carbocycles. The van der Waals surface area contributed by atoms with Gasteiger partial charge in [-0.15, -0.1) is 0 Å². The monoisotopic (exact) mass is 423 g/mol. The number of carbonyl (C=O) groups excluding carboxylic acids is 1. The molecule has 1 aliphatic rings. The summed E-state index contributed by atoms with van der Waals surface area (Å²) in [5.74, 6) is 0.121. The van der Waals surface area contributed by atoms with E-state index >= 15 is 0 Å². The van der Waals surface area contributed by atoms with Gasteiger partial charge in [-0.25, -0.2) is 8.42 Å². The van der Waals surface area contributed by atoms with E-state index in [1.54, 1.807) is 37.0 Å². The van der Waals surface area contributed by atoms with E-state index in [1.807, 2.05) is 12.1 Å². The zero-order valence-electron chi connectivity index (χ0n) is 15.8. The van der Waals surface area contributed by atoms with Crippen LogP contribution >= 0.6 is 11.6 Å². The van der Waals surface area contributed by atoms with E-state index in [0.29, 0.717) is 36.8 Å². The van der Waals surface area contributed by atoms with Crippen LogP contribution in [0.25, 0.3) is 6.08 Å². The van der Waals surface area contributed by atoms with Crippen LogP contribution in [-0.4, -0.2) is 54.9 Å². The molecule has 1 aromatic heterocycles. The highest BCUT2D eigenvalue weighted by molar-refractivity contribution is 7.89. The Bertz CT molecular complexity index is 981. The van der Waals surface area contributed by atoms with Crippen molar-refractivity contribution in [3.05, 3.63) is 52.4 Å². The summed E-state index contributed by atoms with van der Waals surface area (Å²) in [6.07, 6.45) is 3.75. The second kappa shape index (κ2) is 8.46. The van der Waals surface area contributed by atoms with Crippen molar-refractivity contribution in [3.8, 4) is 0 Å². The van der Waals surface area contributed by atoms with E-state index in [0.717, 1.165) is 5.56 Å². The number of benzene rings is 1. The van der Waals surface area contributed by atoms with Crippen molar-refractivity contribution >= 4 is 33.6 Å². The molecular weight excluding hydrogens is 402 g/mol. The number of hydrogen-bond acceptors (Lipinski definition) is 5. The van der Waals surface area contributed by atoms with Gasteiger partial charge in [-0.1, -0.05) is 28.9 Å². The first-order valence-electron chi connectivity index (χ1n) is 8.94. The van der Waals surface area contributed by atoms with Gasteiger partial charge in [-0.3, -0.25) is 4.79 Å².